The SMILES string of the molecule is O=c1c2cc(-c3ccc(F)cc3F)ccc2n(O)c(=O)n1-c1cccc(C(F)(F)F)c1. The number of fused-ring (bicyclic) bond motifs is 1. The zero-order valence-corrected chi connectivity index (χ0v) is 15.3. The molecule has 31 heavy (non-hydrogen) atoms. The maximum absolute atomic E-state index is 14.1. The van der Waals surface area contributed by atoms with Crippen molar-refractivity contribution in [3.63, 3.8) is 0 Å². The molecule has 0 radical (unpaired) electrons. The minimum Gasteiger partial charge on any atom is -0.424 e. The maximum atomic E-state index is 14.1. The third-order valence-corrected chi connectivity index (χ3v) is 4.70. The molecule has 0 spiro atoms. The van der Waals surface area contributed by atoms with Gasteiger partial charge >= 0.3 is 11.9 Å². The average Bonchev–Trinajstić information content (AvgIpc) is 2.72. The Bertz CT molecular complexity index is 1450. The molecule has 158 valence electrons. The number of nitrogens with zero attached hydrogens (tertiary/aromatic N) is 2. The molecule has 0 saturated heterocycles. The van der Waals surface area contributed by atoms with Crippen LogP contribution in [-0.4, -0.2) is 14.5 Å². The lowest BCUT2D eigenvalue weighted by molar-refractivity contribution is -0.137. The van der Waals surface area contributed by atoms with Crippen LogP contribution in [0, 0.1) is 11.6 Å². The molecule has 10 heteroatoms. The van der Waals surface area contributed by atoms with E-state index in [1.807, 2.05) is 0 Å². The van der Waals surface area contributed by atoms with Gasteiger partial charge in [0.1, 0.15) is 11.6 Å². The molecule has 3 aromatic carbocycles. The monoisotopic (exact) mass is 434 g/mol. The van der Waals surface area contributed by atoms with Crippen molar-refractivity contribution in [2.75, 3.05) is 0 Å². The molecule has 0 saturated carbocycles. The lowest BCUT2D eigenvalue weighted by Crippen LogP contribution is -2.38. The van der Waals surface area contributed by atoms with Crippen LogP contribution >= 0.6 is 0 Å². The zero-order valence-electron chi connectivity index (χ0n) is 15.3. The summed E-state index contributed by atoms with van der Waals surface area (Å²) in [7, 11) is 0. The molecular formula is C21H11F5N2O3. The minimum atomic E-state index is -4.72. The Labute approximate surface area is 169 Å². The largest absolute Gasteiger partial charge is 0.424 e. The quantitative estimate of drug-likeness (QED) is 0.377. The molecule has 0 bridgehead atoms. The Morgan fingerprint density at radius 3 is 2.29 bits per heavy atom. The van der Waals surface area contributed by atoms with E-state index in [-0.39, 0.29) is 26.8 Å². The van der Waals surface area contributed by atoms with E-state index in [4.69, 9.17) is 0 Å². The number of alkyl halides is 3. The van der Waals surface area contributed by atoms with Gasteiger partial charge in [0.25, 0.3) is 5.56 Å². The summed E-state index contributed by atoms with van der Waals surface area (Å²) in [6.45, 7) is 0. The van der Waals surface area contributed by atoms with Crippen molar-refractivity contribution in [3.8, 4) is 16.8 Å². The van der Waals surface area contributed by atoms with Gasteiger partial charge in [-0.1, -0.05) is 12.1 Å². The summed E-state index contributed by atoms with van der Waals surface area (Å²) in [4.78, 5) is 25.5. The van der Waals surface area contributed by atoms with Gasteiger partial charge in [-0.15, -0.1) is 4.73 Å². The van der Waals surface area contributed by atoms with Crippen molar-refractivity contribution in [2.24, 2.45) is 0 Å². The highest BCUT2D eigenvalue weighted by molar-refractivity contribution is 5.84. The normalized spacial score (nSPS) is 11.8. The van der Waals surface area contributed by atoms with Crippen molar-refractivity contribution in [2.45, 2.75) is 6.18 Å². The van der Waals surface area contributed by atoms with Crippen molar-refractivity contribution in [1.29, 1.82) is 0 Å². The van der Waals surface area contributed by atoms with Gasteiger partial charge < -0.3 is 5.21 Å². The summed E-state index contributed by atoms with van der Waals surface area (Å²) < 4.78 is 67.0. The molecule has 0 atom stereocenters. The van der Waals surface area contributed by atoms with Crippen LogP contribution in [0.1, 0.15) is 5.56 Å². The molecule has 0 fully saturated rings. The predicted molar refractivity (Wildman–Crippen MR) is 101 cm³/mol. The van der Waals surface area contributed by atoms with Crippen LogP contribution in [0.2, 0.25) is 0 Å². The Balaban J connectivity index is 2.00. The second-order valence-corrected chi connectivity index (χ2v) is 6.64. The summed E-state index contributed by atoms with van der Waals surface area (Å²) in [6.07, 6.45) is -4.72. The highest BCUT2D eigenvalue weighted by Crippen LogP contribution is 2.30. The van der Waals surface area contributed by atoms with Crippen molar-refractivity contribution in [3.05, 3.63) is 98.7 Å². The van der Waals surface area contributed by atoms with Crippen LogP contribution < -0.4 is 11.2 Å². The smallest absolute Gasteiger partial charge is 0.416 e. The van der Waals surface area contributed by atoms with Gasteiger partial charge in [-0.3, -0.25) is 4.79 Å². The fourth-order valence-corrected chi connectivity index (χ4v) is 3.24. The highest BCUT2D eigenvalue weighted by atomic mass is 19.4. The van der Waals surface area contributed by atoms with E-state index in [9.17, 15) is 36.7 Å². The summed E-state index contributed by atoms with van der Waals surface area (Å²) in [6, 6.07) is 9.92. The molecule has 1 aromatic heterocycles. The number of hydrogen-bond acceptors (Lipinski definition) is 3. The first kappa shape index (κ1) is 20.3. The van der Waals surface area contributed by atoms with Gasteiger partial charge in [0.2, 0.25) is 0 Å². The summed E-state index contributed by atoms with van der Waals surface area (Å²) in [5, 5.41) is 9.94. The number of aromatic nitrogens is 2. The van der Waals surface area contributed by atoms with E-state index in [1.54, 1.807) is 0 Å². The molecule has 0 unspecified atom stereocenters. The van der Waals surface area contributed by atoms with Gasteiger partial charge in [0.15, 0.2) is 0 Å². The topological polar surface area (TPSA) is 64.2 Å². The van der Waals surface area contributed by atoms with Crippen molar-refractivity contribution < 1.29 is 27.2 Å². The van der Waals surface area contributed by atoms with Gasteiger partial charge in [-0.2, -0.15) is 13.2 Å². The Kier molecular flexibility index (Phi) is 4.64. The van der Waals surface area contributed by atoms with Crippen LogP contribution in [0.3, 0.4) is 0 Å². The molecule has 0 aliphatic carbocycles. The second-order valence-electron chi connectivity index (χ2n) is 6.64. The highest BCUT2D eigenvalue weighted by Gasteiger charge is 2.31. The zero-order chi connectivity index (χ0) is 22.5. The van der Waals surface area contributed by atoms with E-state index in [2.05, 4.69) is 0 Å². The average molecular weight is 434 g/mol. The van der Waals surface area contributed by atoms with E-state index >= 15 is 0 Å². The van der Waals surface area contributed by atoms with Crippen molar-refractivity contribution in [1.82, 2.24) is 9.30 Å². The lowest BCUT2D eigenvalue weighted by Gasteiger charge is -2.13. The van der Waals surface area contributed by atoms with Crippen LogP contribution in [-0.2, 0) is 6.18 Å². The number of benzene rings is 3. The van der Waals surface area contributed by atoms with Crippen LogP contribution in [0.25, 0.3) is 27.7 Å². The predicted octanol–water partition coefficient (Wildman–Crippen LogP) is 4.35. The van der Waals surface area contributed by atoms with Crippen molar-refractivity contribution >= 4 is 10.9 Å². The van der Waals surface area contributed by atoms with Crippen LogP contribution in [0.15, 0.2) is 70.3 Å². The Morgan fingerprint density at radius 2 is 1.61 bits per heavy atom. The number of rotatable bonds is 2. The van der Waals surface area contributed by atoms with Gasteiger partial charge in [0, 0.05) is 11.6 Å². The lowest BCUT2D eigenvalue weighted by atomic mass is 10.0. The molecule has 4 aromatic rings. The number of hydrogen-bond donors (Lipinski definition) is 1. The first-order valence-corrected chi connectivity index (χ1v) is 8.72. The third kappa shape index (κ3) is 3.45. The molecule has 0 aliphatic rings. The standard InChI is InChI=1S/C21H11F5N2O3/c22-13-5-6-15(17(23)10-13)11-4-7-18-16(8-11)19(29)27(20(30)28(18)31)14-3-1-2-12(9-14)21(24,25)26/h1-10,31H. The molecule has 0 aliphatic heterocycles. The molecule has 5 nitrogen and oxygen atoms in total. The molecule has 4 rings (SSSR count). The maximum Gasteiger partial charge on any atom is 0.416 e. The third-order valence-electron chi connectivity index (χ3n) is 4.70. The van der Waals surface area contributed by atoms with E-state index in [0.29, 0.717) is 16.7 Å². The van der Waals surface area contributed by atoms with Gasteiger partial charge in [-0.25, -0.2) is 18.1 Å². The Hall–Kier alpha value is -3.95. The summed E-state index contributed by atoms with van der Waals surface area (Å²) >= 11 is 0. The van der Waals surface area contributed by atoms with Gasteiger partial charge in [0.05, 0.1) is 22.2 Å². The van der Waals surface area contributed by atoms with E-state index in [1.165, 1.54) is 12.1 Å². The summed E-state index contributed by atoms with van der Waals surface area (Å²) in [5.41, 5.74) is -3.95. The van der Waals surface area contributed by atoms with Gasteiger partial charge in [-0.05, 0) is 48.0 Å². The molecule has 1 heterocycles. The first-order valence-electron chi connectivity index (χ1n) is 8.72. The van der Waals surface area contributed by atoms with E-state index < -0.39 is 40.3 Å². The fourth-order valence-electron chi connectivity index (χ4n) is 3.24. The molecule has 1 N–H and O–H groups in total. The Morgan fingerprint density at radius 1 is 0.871 bits per heavy atom. The number of halogens is 5. The summed E-state index contributed by atoms with van der Waals surface area (Å²) in [5.74, 6) is -1.71. The second kappa shape index (κ2) is 7.08. The first-order chi connectivity index (χ1) is 14.6. The van der Waals surface area contributed by atoms with Crippen LogP contribution in [0.4, 0.5) is 22.0 Å². The van der Waals surface area contributed by atoms with Crippen LogP contribution in [0.5, 0.6) is 0 Å². The molecular weight excluding hydrogens is 423 g/mol. The van der Waals surface area contributed by atoms with E-state index in [0.717, 1.165) is 36.4 Å². The molecule has 0 amide bonds. The minimum absolute atomic E-state index is 0.0518. The fraction of sp³-hybridized carbons (Fsp3) is 0.0476.